The molecule has 9 rings (SSSR count). The first-order valence-corrected chi connectivity index (χ1v) is 18.4. The van der Waals surface area contributed by atoms with Gasteiger partial charge in [0.2, 0.25) is 0 Å². The molecule has 0 N–H and O–H groups in total. The highest BCUT2D eigenvalue weighted by atomic mass is 15.1. The fraction of sp³-hybridized carbons (Fsp3) is 0.143. The SMILES string of the molecule is Cc1cccc2c(N(c3ccccc3)c3ccc(-c4ccc(N(c5ccccc5)c5cccc6c5CCC=C6C5CCC5)cc4)cc3)cccc12. The van der Waals surface area contributed by atoms with Crippen molar-refractivity contribution in [2.24, 2.45) is 5.92 Å². The summed E-state index contributed by atoms with van der Waals surface area (Å²) in [4.78, 5) is 4.83. The third-order valence-electron chi connectivity index (χ3n) is 11.0. The molecule has 2 nitrogen and oxygen atoms in total. The largest absolute Gasteiger partial charge is 0.310 e. The molecule has 2 aliphatic rings. The fourth-order valence-corrected chi connectivity index (χ4v) is 8.17. The van der Waals surface area contributed by atoms with Crippen LogP contribution in [0.2, 0.25) is 0 Å². The third kappa shape index (κ3) is 5.81. The summed E-state index contributed by atoms with van der Waals surface area (Å²) < 4.78 is 0. The van der Waals surface area contributed by atoms with E-state index in [1.165, 1.54) is 80.6 Å². The van der Waals surface area contributed by atoms with Crippen molar-refractivity contribution in [1.29, 1.82) is 0 Å². The Hall–Kier alpha value is -5.86. The molecule has 0 spiro atoms. The number of rotatable bonds is 8. The molecular formula is C49H42N2. The Morgan fingerprint density at radius 3 is 1.61 bits per heavy atom. The van der Waals surface area contributed by atoms with Gasteiger partial charge in [-0.2, -0.15) is 0 Å². The van der Waals surface area contributed by atoms with Crippen molar-refractivity contribution in [1.82, 2.24) is 0 Å². The molecule has 7 aromatic carbocycles. The normalized spacial score (nSPS) is 14.0. The molecule has 0 atom stereocenters. The highest BCUT2D eigenvalue weighted by molar-refractivity contribution is 6.00. The summed E-state index contributed by atoms with van der Waals surface area (Å²) >= 11 is 0. The molecule has 0 amide bonds. The first kappa shape index (κ1) is 31.1. The lowest BCUT2D eigenvalue weighted by Crippen LogP contribution is -2.18. The quantitative estimate of drug-likeness (QED) is 0.160. The number of nitrogens with zero attached hydrogens (tertiary/aromatic N) is 2. The highest BCUT2D eigenvalue weighted by Crippen LogP contribution is 2.47. The maximum absolute atomic E-state index is 2.52. The zero-order chi connectivity index (χ0) is 34.1. The van der Waals surface area contributed by atoms with Gasteiger partial charge in [-0.05, 0) is 138 Å². The Balaban J connectivity index is 1.07. The van der Waals surface area contributed by atoms with Gasteiger partial charge in [-0.1, -0.05) is 116 Å². The van der Waals surface area contributed by atoms with E-state index in [0.717, 1.165) is 30.1 Å². The van der Waals surface area contributed by atoms with Crippen LogP contribution >= 0.6 is 0 Å². The Morgan fingerprint density at radius 1 is 0.471 bits per heavy atom. The van der Waals surface area contributed by atoms with Gasteiger partial charge in [0.1, 0.15) is 0 Å². The average molecular weight is 659 g/mol. The van der Waals surface area contributed by atoms with Crippen molar-refractivity contribution in [3.05, 3.63) is 187 Å². The van der Waals surface area contributed by atoms with Crippen LogP contribution in [0.25, 0.3) is 27.5 Å². The highest BCUT2D eigenvalue weighted by Gasteiger charge is 2.28. The van der Waals surface area contributed by atoms with E-state index in [9.17, 15) is 0 Å². The van der Waals surface area contributed by atoms with E-state index in [0.29, 0.717) is 0 Å². The number of para-hydroxylation sites is 2. The number of benzene rings is 7. The van der Waals surface area contributed by atoms with Crippen LogP contribution in [0.5, 0.6) is 0 Å². The number of hydrogen-bond donors (Lipinski definition) is 0. The molecule has 1 fully saturated rings. The zero-order valence-electron chi connectivity index (χ0n) is 29.2. The van der Waals surface area contributed by atoms with Gasteiger partial charge in [0.05, 0.1) is 5.69 Å². The maximum Gasteiger partial charge on any atom is 0.0540 e. The van der Waals surface area contributed by atoms with Gasteiger partial charge in [-0.3, -0.25) is 0 Å². The summed E-state index contributed by atoms with van der Waals surface area (Å²) in [5.74, 6) is 0.728. The lowest BCUT2D eigenvalue weighted by molar-refractivity contribution is 0.399. The second-order valence-corrected chi connectivity index (χ2v) is 14.0. The lowest BCUT2D eigenvalue weighted by atomic mass is 9.73. The minimum atomic E-state index is 0.728. The second kappa shape index (κ2) is 13.5. The molecule has 7 aromatic rings. The molecular weight excluding hydrogens is 617 g/mol. The minimum Gasteiger partial charge on any atom is -0.310 e. The van der Waals surface area contributed by atoms with Crippen LogP contribution in [-0.2, 0) is 6.42 Å². The zero-order valence-corrected chi connectivity index (χ0v) is 29.2. The number of aryl methyl sites for hydroxylation is 1. The van der Waals surface area contributed by atoms with Crippen LogP contribution in [-0.4, -0.2) is 0 Å². The van der Waals surface area contributed by atoms with E-state index in [-0.39, 0.29) is 0 Å². The molecule has 2 aliphatic carbocycles. The van der Waals surface area contributed by atoms with Crippen molar-refractivity contribution in [3.8, 4) is 11.1 Å². The van der Waals surface area contributed by atoms with Gasteiger partial charge in [-0.15, -0.1) is 0 Å². The minimum absolute atomic E-state index is 0.728. The van der Waals surface area contributed by atoms with Crippen molar-refractivity contribution >= 4 is 50.5 Å². The summed E-state index contributed by atoms with van der Waals surface area (Å²) in [6.45, 7) is 2.19. The molecule has 0 unspecified atom stereocenters. The lowest BCUT2D eigenvalue weighted by Gasteiger charge is -2.34. The van der Waals surface area contributed by atoms with Gasteiger partial charge in [-0.25, -0.2) is 0 Å². The Labute approximate surface area is 302 Å². The third-order valence-corrected chi connectivity index (χ3v) is 11.0. The monoisotopic (exact) mass is 658 g/mol. The van der Waals surface area contributed by atoms with E-state index in [4.69, 9.17) is 0 Å². The van der Waals surface area contributed by atoms with Crippen molar-refractivity contribution in [2.45, 2.75) is 39.0 Å². The molecule has 0 heterocycles. The molecule has 0 aromatic heterocycles. The summed E-state index contributed by atoms with van der Waals surface area (Å²) in [7, 11) is 0. The van der Waals surface area contributed by atoms with Gasteiger partial charge in [0.15, 0.2) is 0 Å². The number of allylic oxidation sites excluding steroid dienone is 2. The first-order chi connectivity index (χ1) is 25.2. The van der Waals surface area contributed by atoms with Gasteiger partial charge in [0.25, 0.3) is 0 Å². The predicted octanol–water partition coefficient (Wildman–Crippen LogP) is 13.9. The Bertz CT molecular complexity index is 2330. The van der Waals surface area contributed by atoms with E-state index >= 15 is 0 Å². The standard InChI is InChI=1S/C49H42N2/c1-35-13-8-23-46-43(35)20-11-25-48(46)50(39-16-4-2-5-17-39)41-31-27-36(28-32-41)37-29-33-42(34-30-37)51(40-18-6-3-7-19-40)49-26-12-22-45-44(38-14-9-15-38)21-10-24-47(45)49/h2-8,11-13,16-23,25-34,38H,9-10,14-15,24H2,1H3. The van der Waals surface area contributed by atoms with Crippen LogP contribution in [0.3, 0.4) is 0 Å². The Morgan fingerprint density at radius 2 is 1.00 bits per heavy atom. The average Bonchev–Trinajstić information content (AvgIpc) is 3.17. The second-order valence-electron chi connectivity index (χ2n) is 14.0. The molecule has 0 aliphatic heterocycles. The summed E-state index contributed by atoms with van der Waals surface area (Å²) in [6.07, 6.45) is 8.73. The maximum atomic E-state index is 2.52. The fourth-order valence-electron chi connectivity index (χ4n) is 8.17. The van der Waals surface area contributed by atoms with E-state index in [2.05, 4.69) is 187 Å². The Kier molecular flexibility index (Phi) is 8.22. The van der Waals surface area contributed by atoms with Crippen LogP contribution in [0.15, 0.2) is 170 Å². The van der Waals surface area contributed by atoms with Crippen LogP contribution in [0.1, 0.15) is 42.4 Å². The number of anilines is 6. The van der Waals surface area contributed by atoms with Crippen molar-refractivity contribution in [3.63, 3.8) is 0 Å². The van der Waals surface area contributed by atoms with Crippen molar-refractivity contribution in [2.75, 3.05) is 9.80 Å². The first-order valence-electron chi connectivity index (χ1n) is 18.4. The smallest absolute Gasteiger partial charge is 0.0540 e. The van der Waals surface area contributed by atoms with Gasteiger partial charge >= 0.3 is 0 Å². The van der Waals surface area contributed by atoms with E-state index in [1.54, 1.807) is 5.57 Å². The molecule has 0 bridgehead atoms. The number of hydrogen-bond acceptors (Lipinski definition) is 2. The molecule has 0 radical (unpaired) electrons. The van der Waals surface area contributed by atoms with Crippen molar-refractivity contribution < 1.29 is 0 Å². The molecule has 248 valence electrons. The molecule has 2 heteroatoms. The molecule has 51 heavy (non-hydrogen) atoms. The van der Waals surface area contributed by atoms with Gasteiger partial charge in [0, 0.05) is 33.8 Å². The van der Waals surface area contributed by atoms with Crippen LogP contribution in [0.4, 0.5) is 34.1 Å². The van der Waals surface area contributed by atoms with E-state index in [1.807, 2.05) is 0 Å². The summed E-state index contributed by atoms with van der Waals surface area (Å²) in [5.41, 5.74) is 15.3. The predicted molar refractivity (Wildman–Crippen MR) is 217 cm³/mol. The number of fused-ring (bicyclic) bond motifs is 2. The van der Waals surface area contributed by atoms with Gasteiger partial charge < -0.3 is 9.80 Å². The summed E-state index contributed by atoms with van der Waals surface area (Å²) in [5, 5.41) is 2.53. The molecule has 1 saturated carbocycles. The van der Waals surface area contributed by atoms with Crippen LogP contribution in [0, 0.1) is 12.8 Å². The van der Waals surface area contributed by atoms with E-state index < -0.39 is 0 Å². The summed E-state index contributed by atoms with van der Waals surface area (Å²) in [6, 6.07) is 59.8. The van der Waals surface area contributed by atoms with Crippen LogP contribution < -0.4 is 9.80 Å². The topological polar surface area (TPSA) is 6.48 Å². The molecule has 0 saturated heterocycles.